The van der Waals surface area contributed by atoms with Crippen molar-refractivity contribution in [1.29, 1.82) is 0 Å². The molecule has 1 fully saturated rings. The first kappa shape index (κ1) is 16.0. The van der Waals surface area contributed by atoms with E-state index in [0.717, 1.165) is 6.42 Å². The minimum Gasteiger partial charge on any atom is -0.340 e. The molecule has 2 amide bonds. The van der Waals surface area contributed by atoms with Crippen LogP contribution in [0, 0.1) is 0 Å². The summed E-state index contributed by atoms with van der Waals surface area (Å²) in [4.78, 5) is 28.4. The van der Waals surface area contributed by atoms with Crippen molar-refractivity contribution < 1.29 is 9.59 Å². The van der Waals surface area contributed by atoms with Crippen molar-refractivity contribution in [1.82, 2.24) is 10.2 Å². The topological polar surface area (TPSA) is 49.4 Å². The van der Waals surface area contributed by atoms with Gasteiger partial charge in [0.15, 0.2) is 0 Å². The molecule has 2 unspecified atom stereocenters. The Kier molecular flexibility index (Phi) is 4.42. The molecular weight excluding hydrogens is 284 g/mol. The highest BCUT2D eigenvalue weighted by molar-refractivity contribution is 7.09. The molecule has 2 rings (SSSR count). The van der Waals surface area contributed by atoms with E-state index in [-0.39, 0.29) is 11.8 Å². The summed E-state index contributed by atoms with van der Waals surface area (Å²) in [6, 6.07) is 4.08. The molecule has 1 aromatic rings. The largest absolute Gasteiger partial charge is 0.340 e. The Hall–Kier alpha value is -1.36. The molecule has 5 heteroatoms. The average Bonchev–Trinajstić information content (AvgIpc) is 2.98. The van der Waals surface area contributed by atoms with Crippen molar-refractivity contribution in [2.75, 3.05) is 6.54 Å². The summed E-state index contributed by atoms with van der Waals surface area (Å²) in [5.41, 5.74) is -1.52. The van der Waals surface area contributed by atoms with Gasteiger partial charge in [-0.1, -0.05) is 19.9 Å². The molecule has 0 spiro atoms. The second kappa shape index (κ2) is 5.79. The molecule has 1 aliphatic rings. The van der Waals surface area contributed by atoms with Gasteiger partial charge in [0, 0.05) is 11.4 Å². The summed E-state index contributed by atoms with van der Waals surface area (Å²) in [6.45, 7) is 8.17. The molecule has 0 aliphatic carbocycles. The van der Waals surface area contributed by atoms with E-state index in [1.54, 1.807) is 16.2 Å². The number of amides is 2. The van der Waals surface area contributed by atoms with Crippen LogP contribution in [0.15, 0.2) is 17.5 Å². The number of thiophene rings is 1. The summed E-state index contributed by atoms with van der Waals surface area (Å²) in [5, 5.41) is 4.97. The van der Waals surface area contributed by atoms with Crippen LogP contribution in [0.4, 0.5) is 0 Å². The van der Waals surface area contributed by atoms with Gasteiger partial charge in [-0.15, -0.1) is 11.3 Å². The van der Waals surface area contributed by atoms with Crippen LogP contribution in [0.5, 0.6) is 0 Å². The fourth-order valence-electron chi connectivity index (χ4n) is 2.70. The first-order chi connectivity index (χ1) is 9.87. The molecule has 2 atom stereocenters. The number of nitrogens with zero attached hydrogens (tertiary/aromatic N) is 1. The first-order valence-electron chi connectivity index (χ1n) is 7.54. The highest BCUT2D eigenvalue weighted by atomic mass is 32.1. The number of hydrogen-bond acceptors (Lipinski definition) is 3. The summed E-state index contributed by atoms with van der Waals surface area (Å²) in [7, 11) is 0. The van der Waals surface area contributed by atoms with Crippen LogP contribution >= 0.6 is 11.3 Å². The Morgan fingerprint density at radius 3 is 2.48 bits per heavy atom. The number of carbonyl (C=O) groups excluding carboxylic acids is 2. The van der Waals surface area contributed by atoms with Gasteiger partial charge in [-0.3, -0.25) is 9.59 Å². The minimum absolute atomic E-state index is 0.0329. The summed E-state index contributed by atoms with van der Waals surface area (Å²) in [5.74, 6) is -0.00867. The molecule has 4 nitrogen and oxygen atoms in total. The quantitative estimate of drug-likeness (QED) is 0.909. The van der Waals surface area contributed by atoms with Crippen molar-refractivity contribution in [3.8, 4) is 0 Å². The minimum atomic E-state index is -0.777. The maximum absolute atomic E-state index is 12.9. The number of hydrogen-bond donors (Lipinski definition) is 1. The van der Waals surface area contributed by atoms with Crippen molar-refractivity contribution in [3.05, 3.63) is 22.4 Å². The van der Waals surface area contributed by atoms with Gasteiger partial charge < -0.3 is 10.2 Å². The number of rotatable bonds is 5. The van der Waals surface area contributed by atoms with Crippen molar-refractivity contribution in [3.63, 3.8) is 0 Å². The third-order valence-electron chi connectivity index (χ3n) is 4.75. The Labute approximate surface area is 130 Å². The van der Waals surface area contributed by atoms with Crippen LogP contribution in [-0.4, -0.2) is 34.3 Å². The van der Waals surface area contributed by atoms with E-state index in [0.29, 0.717) is 19.4 Å². The molecule has 1 aromatic heterocycles. The Morgan fingerprint density at radius 2 is 1.95 bits per heavy atom. The molecular formula is C16H24N2O2S. The predicted octanol–water partition coefficient (Wildman–Crippen LogP) is 2.59. The lowest BCUT2D eigenvalue weighted by Gasteiger charge is -2.49. The van der Waals surface area contributed by atoms with Crippen LogP contribution in [0.3, 0.4) is 0 Å². The smallest absolute Gasteiger partial charge is 0.248 e. The molecule has 0 radical (unpaired) electrons. The molecule has 1 saturated heterocycles. The average molecular weight is 308 g/mol. The van der Waals surface area contributed by atoms with E-state index in [1.165, 1.54) is 4.88 Å². The molecule has 0 bridgehead atoms. The van der Waals surface area contributed by atoms with Gasteiger partial charge in [-0.25, -0.2) is 0 Å². The Bertz CT molecular complexity index is 528. The zero-order valence-corrected chi connectivity index (χ0v) is 14.0. The van der Waals surface area contributed by atoms with Crippen molar-refractivity contribution in [2.24, 2.45) is 0 Å². The Morgan fingerprint density at radius 1 is 1.24 bits per heavy atom. The summed E-state index contributed by atoms with van der Waals surface area (Å²) in [6.07, 6.45) is 2.02. The van der Waals surface area contributed by atoms with Gasteiger partial charge in [0.1, 0.15) is 11.1 Å². The van der Waals surface area contributed by atoms with E-state index in [4.69, 9.17) is 0 Å². The second-order valence-electron chi connectivity index (χ2n) is 6.05. The molecule has 0 saturated carbocycles. The fourth-order valence-corrected chi connectivity index (χ4v) is 3.40. The summed E-state index contributed by atoms with van der Waals surface area (Å²) >= 11 is 1.69. The molecule has 1 N–H and O–H groups in total. The fraction of sp³-hybridized carbons (Fsp3) is 0.625. The third kappa shape index (κ3) is 2.71. The van der Waals surface area contributed by atoms with Crippen molar-refractivity contribution >= 4 is 23.2 Å². The van der Waals surface area contributed by atoms with Crippen LogP contribution in [-0.2, 0) is 16.0 Å². The zero-order valence-electron chi connectivity index (χ0n) is 13.2. The molecule has 1 aliphatic heterocycles. The van der Waals surface area contributed by atoms with E-state index >= 15 is 0 Å². The predicted molar refractivity (Wildman–Crippen MR) is 85.3 cm³/mol. The number of carbonyl (C=O) groups is 2. The lowest BCUT2D eigenvalue weighted by atomic mass is 9.84. The van der Waals surface area contributed by atoms with Gasteiger partial charge >= 0.3 is 0 Å². The van der Waals surface area contributed by atoms with Crippen LogP contribution in [0.1, 0.15) is 45.4 Å². The van der Waals surface area contributed by atoms with Crippen LogP contribution in [0.25, 0.3) is 0 Å². The monoisotopic (exact) mass is 308 g/mol. The Balaban J connectivity index is 2.26. The maximum atomic E-state index is 12.9. The standard InChI is InChI=1S/C16H24N2O2S/c1-5-15(3)14(20)18(10-9-12-8-7-11-21-12)16(4,6-2)13(19)17-15/h7-8,11H,5-6,9-10H2,1-4H3,(H,17,19). The zero-order chi connectivity index (χ0) is 15.7. The number of nitrogens with one attached hydrogen (secondary N) is 1. The second-order valence-corrected chi connectivity index (χ2v) is 7.09. The van der Waals surface area contributed by atoms with E-state index in [2.05, 4.69) is 11.4 Å². The molecule has 0 aromatic carbocycles. The maximum Gasteiger partial charge on any atom is 0.248 e. The molecule has 116 valence electrons. The van der Waals surface area contributed by atoms with Crippen molar-refractivity contribution in [2.45, 2.75) is 58.0 Å². The van der Waals surface area contributed by atoms with E-state index in [1.807, 2.05) is 39.1 Å². The first-order valence-corrected chi connectivity index (χ1v) is 8.42. The van der Waals surface area contributed by atoms with Gasteiger partial charge in [0.2, 0.25) is 11.8 Å². The van der Waals surface area contributed by atoms with Gasteiger partial charge in [-0.05, 0) is 44.6 Å². The van der Waals surface area contributed by atoms with E-state index in [9.17, 15) is 9.59 Å². The van der Waals surface area contributed by atoms with Gasteiger partial charge in [0.25, 0.3) is 0 Å². The highest BCUT2D eigenvalue weighted by Gasteiger charge is 2.52. The summed E-state index contributed by atoms with van der Waals surface area (Å²) < 4.78 is 0. The van der Waals surface area contributed by atoms with Crippen LogP contribution in [0.2, 0.25) is 0 Å². The highest BCUT2D eigenvalue weighted by Crippen LogP contribution is 2.31. The van der Waals surface area contributed by atoms with Gasteiger partial charge in [0.05, 0.1) is 0 Å². The lowest BCUT2D eigenvalue weighted by molar-refractivity contribution is -0.161. The SMILES string of the molecule is CCC1(C)NC(=O)C(C)(CC)N(CCc2cccs2)C1=O. The van der Waals surface area contributed by atoms with Crippen LogP contribution < -0.4 is 5.32 Å². The lowest BCUT2D eigenvalue weighted by Crippen LogP contribution is -2.74. The number of piperazine rings is 1. The normalized spacial score (nSPS) is 29.6. The molecule has 21 heavy (non-hydrogen) atoms. The molecule has 2 heterocycles. The third-order valence-corrected chi connectivity index (χ3v) is 5.69. The van der Waals surface area contributed by atoms with E-state index < -0.39 is 11.1 Å². The van der Waals surface area contributed by atoms with Gasteiger partial charge in [-0.2, -0.15) is 0 Å².